The van der Waals surface area contributed by atoms with Crippen LogP contribution in [0.4, 0.5) is 5.69 Å². The third kappa shape index (κ3) is 5.71. The van der Waals surface area contributed by atoms with Crippen molar-refractivity contribution in [3.63, 3.8) is 0 Å². The van der Waals surface area contributed by atoms with Gasteiger partial charge in [0.1, 0.15) is 5.75 Å². The van der Waals surface area contributed by atoms with Crippen molar-refractivity contribution >= 4 is 34.7 Å². The lowest BCUT2D eigenvalue weighted by Crippen LogP contribution is -2.47. The number of carbonyl (C=O) groups excluding carboxylic acids is 3. The number of amides is 3. The van der Waals surface area contributed by atoms with Gasteiger partial charge in [0.15, 0.2) is 6.10 Å². The van der Waals surface area contributed by atoms with Crippen LogP contribution in [0.5, 0.6) is 5.75 Å². The maximum atomic E-state index is 13.1. The molecule has 3 aromatic rings. The van der Waals surface area contributed by atoms with Crippen molar-refractivity contribution in [2.24, 2.45) is 0 Å². The Morgan fingerprint density at radius 1 is 1.09 bits per heavy atom. The minimum absolute atomic E-state index is 0.135. The number of benzene rings is 2. The monoisotopic (exact) mass is 491 g/mol. The molecule has 0 saturated heterocycles. The second-order valence-electron chi connectivity index (χ2n) is 8.56. The lowest BCUT2D eigenvalue weighted by molar-refractivity contribution is -0.130. The van der Waals surface area contributed by atoms with E-state index in [1.165, 1.54) is 11.3 Å². The third-order valence-corrected chi connectivity index (χ3v) is 7.13. The van der Waals surface area contributed by atoms with Crippen molar-refractivity contribution in [3.8, 4) is 5.75 Å². The van der Waals surface area contributed by atoms with Gasteiger partial charge in [0, 0.05) is 4.88 Å². The molecule has 35 heavy (non-hydrogen) atoms. The molecule has 4 rings (SSSR count). The smallest absolute Gasteiger partial charge is 0.266 e. The highest BCUT2D eigenvalue weighted by atomic mass is 32.1. The number of fused-ring (bicyclic) bond motifs is 1. The maximum Gasteiger partial charge on any atom is 0.266 e. The highest BCUT2D eigenvalue weighted by molar-refractivity contribution is 7.14. The molecule has 182 valence electrons. The van der Waals surface area contributed by atoms with Crippen LogP contribution in [0.1, 0.15) is 52.0 Å². The fourth-order valence-electron chi connectivity index (χ4n) is 4.14. The zero-order chi connectivity index (χ0) is 24.9. The SMILES string of the molecule is CCc1cc(C(=O)NC(c2ccccc2)C(C)NC(=O)CC2Oc3ccccc3NC2=O)sc1C. The molecule has 0 aliphatic carbocycles. The van der Waals surface area contributed by atoms with Gasteiger partial charge in [0.05, 0.1) is 29.1 Å². The van der Waals surface area contributed by atoms with Crippen LogP contribution in [-0.4, -0.2) is 29.9 Å². The Bertz CT molecular complexity index is 1220. The number of ether oxygens (including phenoxy) is 1. The highest BCUT2D eigenvalue weighted by Crippen LogP contribution is 2.30. The van der Waals surface area contributed by atoms with E-state index in [1.54, 1.807) is 24.3 Å². The van der Waals surface area contributed by atoms with E-state index in [1.807, 2.05) is 50.2 Å². The van der Waals surface area contributed by atoms with Crippen LogP contribution in [0, 0.1) is 6.92 Å². The van der Waals surface area contributed by atoms with Crippen molar-refractivity contribution in [2.75, 3.05) is 5.32 Å². The Morgan fingerprint density at radius 3 is 2.51 bits per heavy atom. The number of nitrogens with one attached hydrogen (secondary N) is 3. The zero-order valence-electron chi connectivity index (χ0n) is 20.0. The molecule has 0 radical (unpaired) electrons. The van der Waals surface area contributed by atoms with E-state index in [-0.39, 0.29) is 24.1 Å². The molecule has 1 aliphatic rings. The summed E-state index contributed by atoms with van der Waals surface area (Å²) in [5, 5.41) is 8.81. The van der Waals surface area contributed by atoms with E-state index in [9.17, 15) is 14.4 Å². The van der Waals surface area contributed by atoms with Gasteiger partial charge in [-0.3, -0.25) is 14.4 Å². The molecule has 2 heterocycles. The van der Waals surface area contributed by atoms with Gasteiger partial charge in [0.25, 0.3) is 11.8 Å². The summed E-state index contributed by atoms with van der Waals surface area (Å²) < 4.78 is 5.75. The van der Waals surface area contributed by atoms with Gasteiger partial charge in [-0.2, -0.15) is 0 Å². The van der Waals surface area contributed by atoms with Gasteiger partial charge in [-0.1, -0.05) is 49.4 Å². The molecule has 1 aromatic heterocycles. The van der Waals surface area contributed by atoms with Crippen molar-refractivity contribution in [1.29, 1.82) is 0 Å². The molecule has 0 saturated carbocycles. The third-order valence-electron chi connectivity index (χ3n) is 6.04. The number of para-hydroxylation sites is 2. The summed E-state index contributed by atoms with van der Waals surface area (Å²) in [6.07, 6.45) is -0.196. The molecule has 3 N–H and O–H groups in total. The van der Waals surface area contributed by atoms with Crippen LogP contribution < -0.4 is 20.7 Å². The van der Waals surface area contributed by atoms with Crippen LogP contribution in [0.25, 0.3) is 0 Å². The average molecular weight is 492 g/mol. The number of hydrogen-bond acceptors (Lipinski definition) is 5. The molecule has 3 atom stereocenters. The number of rotatable bonds is 8. The maximum absolute atomic E-state index is 13.1. The van der Waals surface area contributed by atoms with E-state index in [0.29, 0.717) is 16.3 Å². The molecule has 3 unspecified atom stereocenters. The summed E-state index contributed by atoms with van der Waals surface area (Å²) >= 11 is 1.47. The van der Waals surface area contributed by atoms with Crippen molar-refractivity contribution in [2.45, 2.75) is 51.8 Å². The van der Waals surface area contributed by atoms with Gasteiger partial charge < -0.3 is 20.7 Å². The largest absolute Gasteiger partial charge is 0.478 e. The Labute approximate surface area is 208 Å². The Hall–Kier alpha value is -3.65. The first-order valence-corrected chi connectivity index (χ1v) is 12.5. The molecular formula is C27H29N3O4S. The van der Waals surface area contributed by atoms with Gasteiger partial charge >= 0.3 is 0 Å². The minimum Gasteiger partial charge on any atom is -0.478 e. The van der Waals surface area contributed by atoms with Crippen LogP contribution in [0.15, 0.2) is 60.7 Å². The predicted octanol–water partition coefficient (Wildman–Crippen LogP) is 4.38. The van der Waals surface area contributed by atoms with Crippen LogP contribution in [0.3, 0.4) is 0 Å². The topological polar surface area (TPSA) is 96.5 Å². The first kappa shape index (κ1) is 24.5. The molecule has 0 spiro atoms. The Kier molecular flexibility index (Phi) is 7.51. The van der Waals surface area contributed by atoms with Crippen LogP contribution >= 0.6 is 11.3 Å². The molecule has 0 fully saturated rings. The fourth-order valence-corrected chi connectivity index (χ4v) is 5.16. The van der Waals surface area contributed by atoms with Gasteiger partial charge in [-0.05, 0) is 49.6 Å². The Balaban J connectivity index is 1.45. The summed E-state index contributed by atoms with van der Waals surface area (Å²) in [6, 6.07) is 17.7. The standard InChI is InChI=1S/C27H29N3O4S/c1-4-18-14-23(35-17(18)3)27(33)30-25(19-10-6-5-7-11-19)16(2)28-24(31)15-22-26(32)29-20-12-8-9-13-21(20)34-22/h5-14,16,22,25H,4,15H2,1-3H3,(H,28,31)(H,29,32)(H,30,33). The molecule has 8 heteroatoms. The summed E-state index contributed by atoms with van der Waals surface area (Å²) in [5.74, 6) is -0.351. The second-order valence-corrected chi connectivity index (χ2v) is 9.82. The first-order chi connectivity index (χ1) is 16.9. The lowest BCUT2D eigenvalue weighted by Gasteiger charge is -2.28. The van der Waals surface area contributed by atoms with E-state index in [4.69, 9.17) is 4.74 Å². The number of carbonyl (C=O) groups is 3. The fraction of sp³-hybridized carbons (Fsp3) is 0.296. The minimum atomic E-state index is -0.927. The number of hydrogen-bond donors (Lipinski definition) is 3. The first-order valence-electron chi connectivity index (χ1n) is 11.7. The van der Waals surface area contributed by atoms with Crippen molar-refractivity contribution in [3.05, 3.63) is 81.5 Å². The normalized spacial score (nSPS) is 16.3. The average Bonchev–Trinajstić information content (AvgIpc) is 3.24. The highest BCUT2D eigenvalue weighted by Gasteiger charge is 2.31. The zero-order valence-corrected chi connectivity index (χ0v) is 20.8. The lowest BCUT2D eigenvalue weighted by atomic mass is 9.99. The van der Waals surface area contributed by atoms with Crippen molar-refractivity contribution < 1.29 is 19.1 Å². The van der Waals surface area contributed by atoms with E-state index in [2.05, 4.69) is 22.9 Å². The number of anilines is 1. The number of thiophene rings is 1. The quantitative estimate of drug-likeness (QED) is 0.436. The predicted molar refractivity (Wildman–Crippen MR) is 137 cm³/mol. The summed E-state index contributed by atoms with van der Waals surface area (Å²) in [4.78, 5) is 40.2. The van der Waals surface area contributed by atoms with Gasteiger partial charge in [0.2, 0.25) is 5.91 Å². The second kappa shape index (κ2) is 10.7. The van der Waals surface area contributed by atoms with E-state index < -0.39 is 18.2 Å². The number of aryl methyl sites for hydroxylation is 2. The molecule has 3 amide bonds. The van der Waals surface area contributed by atoms with Crippen LogP contribution in [0.2, 0.25) is 0 Å². The van der Waals surface area contributed by atoms with E-state index in [0.717, 1.165) is 22.4 Å². The molecule has 2 aromatic carbocycles. The van der Waals surface area contributed by atoms with Crippen molar-refractivity contribution in [1.82, 2.24) is 10.6 Å². The van der Waals surface area contributed by atoms with Gasteiger partial charge in [-0.25, -0.2) is 0 Å². The van der Waals surface area contributed by atoms with Gasteiger partial charge in [-0.15, -0.1) is 11.3 Å². The molecule has 7 nitrogen and oxygen atoms in total. The Morgan fingerprint density at radius 2 is 1.80 bits per heavy atom. The summed E-state index contributed by atoms with van der Waals surface area (Å²) in [5.41, 5.74) is 2.62. The van der Waals surface area contributed by atoms with E-state index >= 15 is 0 Å². The molecule has 0 bridgehead atoms. The van der Waals surface area contributed by atoms with Crippen LogP contribution in [-0.2, 0) is 16.0 Å². The molecular weight excluding hydrogens is 462 g/mol. The summed E-state index contributed by atoms with van der Waals surface area (Å²) in [6.45, 7) is 5.92. The summed E-state index contributed by atoms with van der Waals surface area (Å²) in [7, 11) is 0. The molecule has 1 aliphatic heterocycles.